The van der Waals surface area contributed by atoms with Crippen LogP contribution >= 0.6 is 0 Å². The Hall–Kier alpha value is -3.76. The number of carbonyl (C=O) groups is 2. The lowest BCUT2D eigenvalue weighted by Crippen LogP contribution is -2.37. The van der Waals surface area contributed by atoms with E-state index in [9.17, 15) is 35.9 Å². The van der Waals surface area contributed by atoms with Crippen LogP contribution in [0.4, 0.5) is 32.0 Å². The molecule has 11 heteroatoms. The number of amides is 2. The number of halogens is 6. The van der Waals surface area contributed by atoms with E-state index < -0.39 is 47.2 Å². The zero-order valence-corrected chi connectivity index (χ0v) is 19.5. The first-order chi connectivity index (χ1) is 17.3. The Kier molecular flexibility index (Phi) is 5.65. The van der Waals surface area contributed by atoms with Crippen molar-refractivity contribution in [2.45, 2.75) is 50.8 Å². The third-order valence-electron chi connectivity index (χ3n) is 7.06. The Morgan fingerprint density at radius 3 is 2.22 bits per heavy atom. The fourth-order valence-electron chi connectivity index (χ4n) is 5.10. The van der Waals surface area contributed by atoms with Crippen molar-refractivity contribution in [1.82, 2.24) is 5.32 Å². The molecular formula is C26H20F6N2O3. The fourth-order valence-corrected chi connectivity index (χ4v) is 5.10. The highest BCUT2D eigenvalue weighted by Gasteiger charge is 2.45. The van der Waals surface area contributed by atoms with Crippen molar-refractivity contribution in [1.29, 1.82) is 0 Å². The van der Waals surface area contributed by atoms with Gasteiger partial charge in [0.2, 0.25) is 6.23 Å². The summed E-state index contributed by atoms with van der Waals surface area (Å²) in [6.45, 7) is 2.90. The first-order valence-corrected chi connectivity index (χ1v) is 11.3. The maximum atomic E-state index is 13.4. The van der Waals surface area contributed by atoms with E-state index in [0.717, 1.165) is 22.3 Å². The molecule has 0 aromatic heterocycles. The van der Waals surface area contributed by atoms with Gasteiger partial charge in [0.25, 0.3) is 11.8 Å². The molecule has 2 heterocycles. The number of benzene rings is 2. The largest absolute Gasteiger partial charge is 0.473 e. The minimum atomic E-state index is -5.08. The average Bonchev–Trinajstić information content (AvgIpc) is 3.40. The minimum absolute atomic E-state index is 0.00439. The molecule has 2 aromatic carbocycles. The molecule has 0 radical (unpaired) electrons. The highest BCUT2D eigenvalue weighted by atomic mass is 19.4. The van der Waals surface area contributed by atoms with Gasteiger partial charge in [0.15, 0.2) is 0 Å². The van der Waals surface area contributed by atoms with Crippen molar-refractivity contribution in [3.05, 3.63) is 87.7 Å². The summed E-state index contributed by atoms with van der Waals surface area (Å²) in [6.07, 6.45) is -9.73. The highest BCUT2D eigenvalue weighted by Crippen LogP contribution is 2.44. The van der Waals surface area contributed by atoms with Gasteiger partial charge >= 0.3 is 12.4 Å². The number of hydrogen-bond acceptors (Lipinski definition) is 3. The molecule has 0 bridgehead atoms. The van der Waals surface area contributed by atoms with Crippen LogP contribution in [0.5, 0.6) is 0 Å². The van der Waals surface area contributed by atoms with Gasteiger partial charge in [-0.05, 0) is 55.2 Å². The molecule has 3 atom stereocenters. The van der Waals surface area contributed by atoms with Crippen LogP contribution in [0.3, 0.4) is 0 Å². The monoisotopic (exact) mass is 522 g/mol. The average molecular weight is 522 g/mol. The molecular weight excluding hydrogens is 502 g/mol. The van der Waals surface area contributed by atoms with Crippen molar-refractivity contribution in [3.63, 3.8) is 0 Å². The van der Waals surface area contributed by atoms with Crippen LogP contribution < -0.4 is 10.2 Å². The number of nitrogens with zero attached hydrogens (tertiary/aromatic N) is 1. The van der Waals surface area contributed by atoms with Crippen LogP contribution in [-0.4, -0.2) is 24.1 Å². The molecule has 2 aromatic rings. The summed E-state index contributed by atoms with van der Waals surface area (Å²) in [5.41, 5.74) is -1.06. The van der Waals surface area contributed by atoms with Gasteiger partial charge in [0.05, 0.1) is 23.0 Å². The van der Waals surface area contributed by atoms with Crippen LogP contribution in [-0.2, 0) is 33.1 Å². The molecule has 5 rings (SSSR count). The van der Waals surface area contributed by atoms with Crippen molar-refractivity contribution < 1.29 is 40.7 Å². The second kappa shape index (κ2) is 8.39. The molecule has 1 saturated heterocycles. The number of nitrogens with one attached hydrogen (secondary N) is 1. The van der Waals surface area contributed by atoms with Crippen molar-refractivity contribution in [2.24, 2.45) is 0 Å². The van der Waals surface area contributed by atoms with Gasteiger partial charge < -0.3 is 10.1 Å². The summed E-state index contributed by atoms with van der Waals surface area (Å²) in [6, 6.07) is 8.30. The van der Waals surface area contributed by atoms with Crippen molar-refractivity contribution >= 4 is 17.5 Å². The Morgan fingerprint density at radius 1 is 0.973 bits per heavy atom. The normalized spacial score (nSPS) is 24.6. The van der Waals surface area contributed by atoms with Gasteiger partial charge in [-0.15, -0.1) is 0 Å². The summed E-state index contributed by atoms with van der Waals surface area (Å²) < 4.78 is 86.5. The van der Waals surface area contributed by atoms with E-state index in [4.69, 9.17) is 4.74 Å². The van der Waals surface area contributed by atoms with Gasteiger partial charge in [0, 0.05) is 23.2 Å². The molecule has 1 unspecified atom stereocenters. The van der Waals surface area contributed by atoms with Gasteiger partial charge in [-0.3, -0.25) is 14.5 Å². The predicted molar refractivity (Wildman–Crippen MR) is 120 cm³/mol. The minimum Gasteiger partial charge on any atom is -0.473 e. The third-order valence-corrected chi connectivity index (χ3v) is 7.06. The molecule has 2 amide bonds. The van der Waals surface area contributed by atoms with Gasteiger partial charge in [-0.25, -0.2) is 0 Å². The lowest BCUT2D eigenvalue weighted by atomic mass is 9.94. The second-order valence-electron chi connectivity index (χ2n) is 9.27. The number of fused-ring (bicyclic) bond motifs is 3. The van der Waals surface area contributed by atoms with Crippen molar-refractivity contribution in [3.8, 4) is 0 Å². The standard InChI is InChI=1S/C26H20F6N2O3/c1-12-13(2)24(37-11-19-21-18-6-4-3-5-14(18)7-20(21)33-22(19)35)34(23(12)36)17-9-15(25(27,28)29)8-16(10-17)26(30,31)32/h3-6,8-11,20-21,24H,7H2,1-2H3,(H,33,35)/b19-11+/t20-,21-,24?/m1/s1. The second-order valence-corrected chi connectivity index (χ2v) is 9.27. The molecule has 1 N–H and O–H groups in total. The lowest BCUT2D eigenvalue weighted by Gasteiger charge is -2.27. The molecule has 1 fully saturated rings. The highest BCUT2D eigenvalue weighted by molar-refractivity contribution is 6.09. The van der Waals surface area contributed by atoms with Gasteiger partial charge in [0.1, 0.15) is 0 Å². The number of ether oxygens (including phenoxy) is 1. The Bertz CT molecular complexity index is 1340. The quantitative estimate of drug-likeness (QED) is 0.331. The first kappa shape index (κ1) is 24.9. The van der Waals surface area contributed by atoms with Crippen LogP contribution in [0.25, 0.3) is 0 Å². The molecule has 194 valence electrons. The number of rotatable bonds is 3. The topological polar surface area (TPSA) is 58.6 Å². The number of carbonyl (C=O) groups excluding carboxylic acids is 2. The zero-order valence-electron chi connectivity index (χ0n) is 19.5. The summed E-state index contributed by atoms with van der Waals surface area (Å²) in [7, 11) is 0. The zero-order chi connectivity index (χ0) is 26.9. The SMILES string of the molecule is CC1=C(C)C(O/C=C2/C(=O)N[C@@H]3Cc4ccccc4[C@H]23)N(c2cc(C(F)(F)F)cc(C(F)(F)F)c2)C1=O. The summed E-state index contributed by atoms with van der Waals surface area (Å²) in [4.78, 5) is 26.4. The van der Waals surface area contributed by atoms with E-state index in [1.807, 2.05) is 24.3 Å². The van der Waals surface area contributed by atoms with E-state index in [2.05, 4.69) is 5.32 Å². The molecule has 0 saturated carbocycles. The smallest absolute Gasteiger partial charge is 0.416 e. The molecule has 2 aliphatic heterocycles. The molecule has 0 spiro atoms. The summed E-state index contributed by atoms with van der Waals surface area (Å²) in [5, 5.41) is 2.88. The molecule has 3 aliphatic rings. The third kappa shape index (κ3) is 4.15. The van der Waals surface area contributed by atoms with Crippen LogP contribution in [0, 0.1) is 0 Å². The van der Waals surface area contributed by atoms with E-state index in [1.165, 1.54) is 13.8 Å². The molecule has 1 aliphatic carbocycles. The van der Waals surface area contributed by atoms with Crippen molar-refractivity contribution in [2.75, 3.05) is 4.90 Å². The first-order valence-electron chi connectivity index (χ1n) is 11.3. The van der Waals surface area contributed by atoms with Gasteiger partial charge in [-0.2, -0.15) is 26.3 Å². The molecule has 5 nitrogen and oxygen atoms in total. The number of alkyl halides is 6. The lowest BCUT2D eigenvalue weighted by molar-refractivity contribution is -0.143. The number of hydrogen-bond donors (Lipinski definition) is 1. The maximum Gasteiger partial charge on any atom is 0.416 e. The number of anilines is 1. The fraction of sp³-hybridized carbons (Fsp3) is 0.308. The van der Waals surface area contributed by atoms with Crippen LogP contribution in [0.15, 0.2) is 65.4 Å². The van der Waals surface area contributed by atoms with Crippen LogP contribution in [0.2, 0.25) is 0 Å². The van der Waals surface area contributed by atoms with Crippen LogP contribution in [0.1, 0.15) is 42.0 Å². The van der Waals surface area contributed by atoms with E-state index in [-0.39, 0.29) is 29.2 Å². The van der Waals surface area contributed by atoms with E-state index in [1.54, 1.807) is 0 Å². The summed E-state index contributed by atoms with van der Waals surface area (Å²) in [5.74, 6) is -1.52. The van der Waals surface area contributed by atoms with E-state index in [0.29, 0.717) is 24.1 Å². The van der Waals surface area contributed by atoms with Gasteiger partial charge in [-0.1, -0.05) is 24.3 Å². The molecule has 37 heavy (non-hydrogen) atoms. The summed E-state index contributed by atoms with van der Waals surface area (Å²) >= 11 is 0. The predicted octanol–water partition coefficient (Wildman–Crippen LogP) is 5.47. The Labute approximate surface area is 207 Å². The Morgan fingerprint density at radius 2 is 1.59 bits per heavy atom. The maximum absolute atomic E-state index is 13.4. The Balaban J connectivity index is 1.54. The van der Waals surface area contributed by atoms with E-state index >= 15 is 0 Å².